The van der Waals surface area contributed by atoms with Gasteiger partial charge in [0.1, 0.15) is 0 Å². The van der Waals surface area contributed by atoms with Crippen molar-refractivity contribution in [3.05, 3.63) is 0 Å². The Bertz CT molecular complexity index is 348. The van der Waals surface area contributed by atoms with Crippen molar-refractivity contribution in [2.24, 2.45) is 5.92 Å². The first-order valence-corrected chi connectivity index (χ1v) is 7.03. The first kappa shape index (κ1) is 14.1. The van der Waals surface area contributed by atoms with Crippen molar-refractivity contribution in [3.63, 3.8) is 0 Å². The van der Waals surface area contributed by atoms with Crippen LogP contribution < -0.4 is 10.6 Å². The van der Waals surface area contributed by atoms with Crippen molar-refractivity contribution in [1.82, 2.24) is 15.5 Å². The fourth-order valence-corrected chi connectivity index (χ4v) is 3.03. The van der Waals surface area contributed by atoms with Gasteiger partial charge in [0.25, 0.3) is 0 Å². The van der Waals surface area contributed by atoms with Crippen LogP contribution in [0.1, 0.15) is 32.1 Å². The molecule has 2 aliphatic rings. The number of hydrogen-bond acceptors (Lipinski definition) is 3. The molecular weight excluding hydrogens is 246 g/mol. The summed E-state index contributed by atoms with van der Waals surface area (Å²) in [6, 6.07) is 0.0502. The maximum atomic E-state index is 11.9. The van der Waals surface area contributed by atoms with E-state index in [4.69, 9.17) is 5.11 Å². The summed E-state index contributed by atoms with van der Waals surface area (Å²) >= 11 is 0. The van der Waals surface area contributed by atoms with E-state index in [1.807, 2.05) is 0 Å². The number of nitrogens with one attached hydrogen (secondary N) is 2. The Balaban J connectivity index is 1.71. The van der Waals surface area contributed by atoms with Crippen LogP contribution in [0.4, 0.5) is 4.79 Å². The number of likely N-dealkylation sites (N-methyl/N-ethyl adjacent to an activating group) is 1. The van der Waals surface area contributed by atoms with Crippen molar-refractivity contribution in [2.45, 2.75) is 44.2 Å². The number of carbonyl (C=O) groups is 2. The molecule has 3 N–H and O–H groups in total. The second kappa shape index (κ2) is 6.23. The zero-order valence-electron chi connectivity index (χ0n) is 11.4. The van der Waals surface area contributed by atoms with Crippen molar-refractivity contribution in [2.75, 3.05) is 20.1 Å². The molecule has 19 heavy (non-hydrogen) atoms. The highest BCUT2D eigenvalue weighted by Crippen LogP contribution is 2.25. The molecule has 1 aliphatic carbocycles. The van der Waals surface area contributed by atoms with Gasteiger partial charge in [0.15, 0.2) is 0 Å². The summed E-state index contributed by atoms with van der Waals surface area (Å²) < 4.78 is 0. The molecule has 1 heterocycles. The molecule has 1 saturated carbocycles. The third-order valence-corrected chi connectivity index (χ3v) is 4.08. The molecular formula is C13H23N3O3. The van der Waals surface area contributed by atoms with Crippen LogP contribution in [0.2, 0.25) is 0 Å². The maximum absolute atomic E-state index is 11.9. The van der Waals surface area contributed by atoms with Gasteiger partial charge in [0.2, 0.25) is 0 Å². The van der Waals surface area contributed by atoms with E-state index in [9.17, 15) is 9.59 Å². The number of rotatable bonds is 3. The molecule has 0 spiro atoms. The average Bonchev–Trinajstić information content (AvgIpc) is 2.77. The standard InChI is InChI=1S/C13H23N3O3/c1-16-6-2-3-11(8-16)15-13(19)14-10-5-4-9(7-10)12(17)18/h9-11H,2-8H2,1H3,(H,17,18)(H2,14,15,19). The topological polar surface area (TPSA) is 81.7 Å². The van der Waals surface area contributed by atoms with E-state index >= 15 is 0 Å². The van der Waals surface area contributed by atoms with Gasteiger partial charge in [-0.1, -0.05) is 0 Å². The van der Waals surface area contributed by atoms with Crippen LogP contribution in [0, 0.1) is 5.92 Å². The first-order chi connectivity index (χ1) is 9.04. The van der Waals surface area contributed by atoms with Crippen molar-refractivity contribution in [1.29, 1.82) is 0 Å². The highest BCUT2D eigenvalue weighted by atomic mass is 16.4. The first-order valence-electron chi connectivity index (χ1n) is 7.03. The molecule has 2 fully saturated rings. The van der Waals surface area contributed by atoms with Gasteiger partial charge in [-0.2, -0.15) is 0 Å². The molecule has 2 amide bonds. The van der Waals surface area contributed by atoms with E-state index in [2.05, 4.69) is 22.6 Å². The van der Waals surface area contributed by atoms with Crippen LogP contribution in [0.25, 0.3) is 0 Å². The second-order valence-corrected chi connectivity index (χ2v) is 5.76. The Morgan fingerprint density at radius 2 is 1.89 bits per heavy atom. The lowest BCUT2D eigenvalue weighted by atomic mass is 10.1. The van der Waals surface area contributed by atoms with E-state index in [0.717, 1.165) is 32.4 Å². The van der Waals surface area contributed by atoms with Crippen LogP contribution in [-0.2, 0) is 4.79 Å². The van der Waals surface area contributed by atoms with Crippen molar-refractivity contribution < 1.29 is 14.7 Å². The number of carboxylic acids is 1. The van der Waals surface area contributed by atoms with Gasteiger partial charge in [-0.15, -0.1) is 0 Å². The Hall–Kier alpha value is -1.30. The number of nitrogens with zero attached hydrogens (tertiary/aromatic N) is 1. The molecule has 0 aromatic carbocycles. The van der Waals surface area contributed by atoms with Crippen LogP contribution >= 0.6 is 0 Å². The zero-order valence-corrected chi connectivity index (χ0v) is 11.4. The number of piperidine rings is 1. The van der Waals surface area contributed by atoms with Crippen LogP contribution in [-0.4, -0.2) is 54.2 Å². The number of amides is 2. The quantitative estimate of drug-likeness (QED) is 0.702. The molecule has 0 aromatic rings. The lowest BCUT2D eigenvalue weighted by Gasteiger charge is -2.30. The molecule has 1 aliphatic heterocycles. The fourth-order valence-electron chi connectivity index (χ4n) is 3.03. The zero-order chi connectivity index (χ0) is 13.8. The van der Waals surface area contributed by atoms with Crippen LogP contribution in [0.3, 0.4) is 0 Å². The van der Waals surface area contributed by atoms with Gasteiger partial charge in [-0.05, 0) is 45.7 Å². The summed E-state index contributed by atoms with van der Waals surface area (Å²) in [5.74, 6) is -1.05. The summed E-state index contributed by atoms with van der Waals surface area (Å²) in [5, 5.41) is 14.8. The van der Waals surface area contributed by atoms with Gasteiger partial charge >= 0.3 is 12.0 Å². The lowest BCUT2D eigenvalue weighted by molar-refractivity contribution is -0.141. The predicted octanol–water partition coefficient (Wildman–Crippen LogP) is 0.633. The molecule has 0 aromatic heterocycles. The van der Waals surface area contributed by atoms with Gasteiger partial charge in [-0.3, -0.25) is 4.79 Å². The molecule has 6 nitrogen and oxygen atoms in total. The summed E-state index contributed by atoms with van der Waals surface area (Å²) in [5.41, 5.74) is 0. The second-order valence-electron chi connectivity index (χ2n) is 5.76. The average molecular weight is 269 g/mol. The number of carboxylic acid groups (broad SMARTS) is 1. The van der Waals surface area contributed by atoms with E-state index in [0.29, 0.717) is 12.8 Å². The van der Waals surface area contributed by atoms with E-state index in [1.165, 1.54) is 0 Å². The van der Waals surface area contributed by atoms with Gasteiger partial charge in [0, 0.05) is 18.6 Å². The Labute approximate surface area is 113 Å². The SMILES string of the molecule is CN1CCCC(NC(=O)NC2CCC(C(=O)O)C2)C1. The third kappa shape index (κ3) is 4.09. The van der Waals surface area contributed by atoms with E-state index in [1.54, 1.807) is 0 Å². The monoisotopic (exact) mass is 269 g/mol. The molecule has 1 saturated heterocycles. The Morgan fingerprint density at radius 1 is 1.16 bits per heavy atom. The molecule has 0 bridgehead atoms. The Kier molecular flexibility index (Phi) is 4.63. The summed E-state index contributed by atoms with van der Waals surface area (Å²) in [6.07, 6.45) is 4.08. The van der Waals surface area contributed by atoms with Crippen molar-refractivity contribution in [3.8, 4) is 0 Å². The molecule has 2 rings (SSSR count). The molecule has 6 heteroatoms. The predicted molar refractivity (Wildman–Crippen MR) is 71.0 cm³/mol. The molecule has 108 valence electrons. The largest absolute Gasteiger partial charge is 0.481 e. The van der Waals surface area contributed by atoms with Gasteiger partial charge in [0.05, 0.1) is 5.92 Å². The fraction of sp³-hybridized carbons (Fsp3) is 0.846. The number of carbonyl (C=O) groups excluding carboxylic acids is 1. The highest BCUT2D eigenvalue weighted by Gasteiger charge is 2.31. The summed E-state index contributed by atoms with van der Waals surface area (Å²) in [6.45, 7) is 1.97. The summed E-state index contributed by atoms with van der Waals surface area (Å²) in [4.78, 5) is 24.9. The van der Waals surface area contributed by atoms with Crippen molar-refractivity contribution >= 4 is 12.0 Å². The highest BCUT2D eigenvalue weighted by molar-refractivity contribution is 5.75. The molecule has 3 unspecified atom stereocenters. The Morgan fingerprint density at radius 3 is 2.53 bits per heavy atom. The number of urea groups is 1. The number of aliphatic carboxylic acids is 1. The maximum Gasteiger partial charge on any atom is 0.315 e. The molecule has 0 radical (unpaired) electrons. The molecule has 3 atom stereocenters. The third-order valence-electron chi connectivity index (χ3n) is 4.08. The number of hydrogen-bond donors (Lipinski definition) is 3. The number of likely N-dealkylation sites (tertiary alicyclic amines) is 1. The van der Waals surface area contributed by atoms with Crippen LogP contribution in [0.15, 0.2) is 0 Å². The minimum Gasteiger partial charge on any atom is -0.481 e. The smallest absolute Gasteiger partial charge is 0.315 e. The minimum absolute atomic E-state index is 0.00224. The van der Waals surface area contributed by atoms with Crippen LogP contribution in [0.5, 0.6) is 0 Å². The van der Waals surface area contributed by atoms with Gasteiger partial charge in [-0.25, -0.2) is 4.79 Å². The lowest BCUT2D eigenvalue weighted by Crippen LogP contribution is -2.51. The van der Waals surface area contributed by atoms with E-state index < -0.39 is 5.97 Å². The van der Waals surface area contributed by atoms with E-state index in [-0.39, 0.29) is 24.0 Å². The normalized spacial score (nSPS) is 31.9. The minimum atomic E-state index is -0.751. The summed E-state index contributed by atoms with van der Waals surface area (Å²) in [7, 11) is 2.06. The van der Waals surface area contributed by atoms with Gasteiger partial charge < -0.3 is 20.6 Å².